The molecule has 5 nitrogen and oxygen atoms in total. The molecule has 1 heterocycles. The number of halogens is 2. The average molecular weight is 389 g/mol. The molecule has 140 valence electrons. The molecule has 0 saturated carbocycles. The van der Waals surface area contributed by atoms with Gasteiger partial charge in [0.1, 0.15) is 17.0 Å². The van der Waals surface area contributed by atoms with Crippen molar-refractivity contribution in [3.8, 4) is 0 Å². The molecule has 0 fully saturated rings. The lowest BCUT2D eigenvalue weighted by atomic mass is 10.1. The van der Waals surface area contributed by atoms with Gasteiger partial charge in [-0.15, -0.1) is 0 Å². The van der Waals surface area contributed by atoms with Crippen LogP contribution in [0.2, 0.25) is 0 Å². The van der Waals surface area contributed by atoms with E-state index in [1.54, 1.807) is 12.1 Å². The van der Waals surface area contributed by atoms with Crippen LogP contribution in [0.3, 0.4) is 0 Å². The van der Waals surface area contributed by atoms with Gasteiger partial charge in [0.05, 0.1) is 11.9 Å². The summed E-state index contributed by atoms with van der Waals surface area (Å²) in [7, 11) is 0. The van der Waals surface area contributed by atoms with Gasteiger partial charge < -0.3 is 0 Å². The smallest absolute Gasteiger partial charge is 0.273 e. The summed E-state index contributed by atoms with van der Waals surface area (Å²) in [6.45, 7) is 3.82. The van der Waals surface area contributed by atoms with Crippen molar-refractivity contribution in [3.63, 3.8) is 0 Å². The first-order valence-electron chi connectivity index (χ1n) is 8.27. The number of nitrogens with zero attached hydrogens (tertiary/aromatic N) is 2. The lowest BCUT2D eigenvalue weighted by Gasteiger charge is -2.15. The molecule has 0 radical (unpaired) electrons. The van der Waals surface area contributed by atoms with Crippen LogP contribution in [-0.4, -0.2) is 20.8 Å². The zero-order valence-corrected chi connectivity index (χ0v) is 15.5. The van der Waals surface area contributed by atoms with Crippen molar-refractivity contribution in [1.29, 1.82) is 0 Å². The zero-order chi connectivity index (χ0) is 19.6. The predicted molar refractivity (Wildman–Crippen MR) is 101 cm³/mol. The second-order valence-corrected chi connectivity index (χ2v) is 7.72. The number of hydrogen-bond donors (Lipinski definition) is 1. The van der Waals surface area contributed by atoms with E-state index in [1.165, 1.54) is 42.1 Å². The number of carbonyl (C=O) groups excluding carboxylic acids is 1. The van der Waals surface area contributed by atoms with Crippen LogP contribution in [0.4, 0.5) is 8.78 Å². The van der Waals surface area contributed by atoms with Gasteiger partial charge in [0, 0.05) is 5.25 Å². The number of aromatic nitrogens is 2. The Morgan fingerprint density at radius 1 is 1.22 bits per heavy atom. The Morgan fingerprint density at radius 2 is 1.96 bits per heavy atom. The molecule has 0 bridgehead atoms. The fourth-order valence-electron chi connectivity index (χ4n) is 2.55. The van der Waals surface area contributed by atoms with Crippen LogP contribution in [0.25, 0.3) is 10.9 Å². The molecule has 0 spiro atoms. The Labute approximate surface area is 158 Å². The van der Waals surface area contributed by atoms with Crippen LogP contribution < -0.4 is 11.0 Å². The fourth-order valence-corrected chi connectivity index (χ4v) is 3.36. The number of amides is 1. The molecule has 1 amide bonds. The highest BCUT2D eigenvalue weighted by Crippen LogP contribution is 2.22. The lowest BCUT2D eigenvalue weighted by molar-refractivity contribution is -0.116. The van der Waals surface area contributed by atoms with Crippen LogP contribution in [0.1, 0.15) is 19.4 Å². The molecule has 0 aliphatic carbocycles. The van der Waals surface area contributed by atoms with E-state index >= 15 is 0 Å². The van der Waals surface area contributed by atoms with Crippen molar-refractivity contribution in [2.24, 2.45) is 0 Å². The first-order chi connectivity index (χ1) is 12.8. The summed E-state index contributed by atoms with van der Waals surface area (Å²) in [6, 6.07) is 9.80. The number of carbonyl (C=O) groups is 1. The maximum Gasteiger partial charge on any atom is 0.284 e. The third-order valence-electron chi connectivity index (χ3n) is 3.65. The highest BCUT2D eigenvalue weighted by Gasteiger charge is 2.17. The van der Waals surface area contributed by atoms with Crippen LogP contribution in [0.5, 0.6) is 0 Å². The van der Waals surface area contributed by atoms with Gasteiger partial charge in [0.15, 0.2) is 5.16 Å². The first kappa shape index (κ1) is 19.0. The van der Waals surface area contributed by atoms with Gasteiger partial charge in [-0.3, -0.25) is 15.0 Å². The molecule has 8 heteroatoms. The SMILES string of the molecule is CC(C)Sc1nc2cccc(F)c2c(=O)n1NC(=O)Cc1cccc(F)c1. The maximum atomic E-state index is 14.1. The summed E-state index contributed by atoms with van der Waals surface area (Å²) in [5, 5.41) is 0.131. The van der Waals surface area contributed by atoms with Gasteiger partial charge in [0.2, 0.25) is 5.91 Å². The molecule has 3 rings (SSSR count). The van der Waals surface area contributed by atoms with E-state index in [0.29, 0.717) is 5.56 Å². The summed E-state index contributed by atoms with van der Waals surface area (Å²) in [4.78, 5) is 29.5. The lowest BCUT2D eigenvalue weighted by Crippen LogP contribution is -2.36. The third-order valence-corrected chi connectivity index (χ3v) is 4.60. The highest BCUT2D eigenvalue weighted by molar-refractivity contribution is 7.99. The second kappa shape index (κ2) is 7.87. The van der Waals surface area contributed by atoms with Gasteiger partial charge in [-0.05, 0) is 29.8 Å². The number of thioether (sulfide) groups is 1. The molecule has 3 aromatic rings. The van der Waals surface area contributed by atoms with Crippen LogP contribution in [0.15, 0.2) is 52.4 Å². The summed E-state index contributed by atoms with van der Waals surface area (Å²) in [5.74, 6) is -1.70. The standard InChI is InChI=1S/C19H17F2N3O2S/c1-11(2)27-19-22-15-8-4-7-14(21)17(15)18(26)24(19)23-16(25)10-12-5-3-6-13(20)9-12/h3-9,11H,10H2,1-2H3,(H,23,25). The normalized spacial score (nSPS) is 11.1. The number of rotatable bonds is 5. The van der Waals surface area contributed by atoms with E-state index in [2.05, 4.69) is 10.4 Å². The van der Waals surface area contributed by atoms with Crippen molar-refractivity contribution >= 4 is 28.6 Å². The zero-order valence-electron chi connectivity index (χ0n) is 14.7. The highest BCUT2D eigenvalue weighted by atomic mass is 32.2. The van der Waals surface area contributed by atoms with Crippen LogP contribution in [-0.2, 0) is 11.2 Å². The Bertz CT molecular complexity index is 1070. The first-order valence-corrected chi connectivity index (χ1v) is 9.15. The van der Waals surface area contributed by atoms with E-state index in [1.807, 2.05) is 13.8 Å². The third kappa shape index (κ3) is 4.33. The van der Waals surface area contributed by atoms with E-state index in [-0.39, 0.29) is 27.7 Å². The molecular weight excluding hydrogens is 372 g/mol. The van der Waals surface area contributed by atoms with Crippen molar-refractivity contribution in [3.05, 3.63) is 70.0 Å². The Balaban J connectivity index is 2.00. The van der Waals surface area contributed by atoms with Gasteiger partial charge >= 0.3 is 0 Å². The molecule has 27 heavy (non-hydrogen) atoms. The maximum absolute atomic E-state index is 14.1. The van der Waals surface area contributed by atoms with Crippen molar-refractivity contribution in [2.45, 2.75) is 30.7 Å². The van der Waals surface area contributed by atoms with Crippen molar-refractivity contribution in [2.75, 3.05) is 5.43 Å². The minimum Gasteiger partial charge on any atom is -0.273 e. The molecule has 0 aliphatic heterocycles. The molecule has 1 N–H and O–H groups in total. The van der Waals surface area contributed by atoms with E-state index in [9.17, 15) is 18.4 Å². The molecule has 0 aliphatic rings. The quantitative estimate of drug-likeness (QED) is 0.536. The predicted octanol–water partition coefficient (Wildman–Crippen LogP) is 3.49. The van der Waals surface area contributed by atoms with Crippen molar-refractivity contribution < 1.29 is 13.6 Å². The van der Waals surface area contributed by atoms with Gasteiger partial charge in [-0.1, -0.05) is 43.8 Å². The van der Waals surface area contributed by atoms with Gasteiger partial charge in [-0.2, -0.15) is 4.68 Å². The monoisotopic (exact) mass is 389 g/mol. The van der Waals surface area contributed by atoms with Crippen LogP contribution in [0, 0.1) is 11.6 Å². The summed E-state index contributed by atoms with van der Waals surface area (Å²) in [5.41, 5.74) is 2.44. The van der Waals surface area contributed by atoms with E-state index < -0.39 is 23.1 Å². The molecule has 0 atom stereocenters. The van der Waals surface area contributed by atoms with Crippen LogP contribution >= 0.6 is 11.8 Å². The molecule has 0 unspecified atom stereocenters. The van der Waals surface area contributed by atoms with Crippen molar-refractivity contribution in [1.82, 2.24) is 9.66 Å². The number of fused-ring (bicyclic) bond motifs is 1. The number of benzene rings is 2. The number of hydrogen-bond acceptors (Lipinski definition) is 4. The Kier molecular flexibility index (Phi) is 5.55. The van der Waals surface area contributed by atoms with E-state index in [0.717, 1.165) is 4.68 Å². The second-order valence-electron chi connectivity index (χ2n) is 6.18. The largest absolute Gasteiger partial charge is 0.284 e. The minimum absolute atomic E-state index is 0.0780. The number of nitrogens with one attached hydrogen (secondary N) is 1. The van der Waals surface area contributed by atoms with E-state index in [4.69, 9.17) is 0 Å². The topological polar surface area (TPSA) is 64.0 Å². The molecular formula is C19H17F2N3O2S. The average Bonchev–Trinajstić information content (AvgIpc) is 2.57. The van der Waals surface area contributed by atoms with Gasteiger partial charge in [-0.25, -0.2) is 13.8 Å². The molecule has 0 saturated heterocycles. The molecule has 2 aromatic carbocycles. The van der Waals surface area contributed by atoms with Gasteiger partial charge in [0.25, 0.3) is 5.56 Å². The summed E-state index contributed by atoms with van der Waals surface area (Å²) < 4.78 is 28.4. The summed E-state index contributed by atoms with van der Waals surface area (Å²) >= 11 is 1.27. The Morgan fingerprint density at radius 3 is 2.67 bits per heavy atom. The summed E-state index contributed by atoms with van der Waals surface area (Å²) in [6.07, 6.45) is -0.134. The Hall–Kier alpha value is -2.74. The fraction of sp³-hybridized carbons (Fsp3) is 0.211. The minimum atomic E-state index is -0.709. The molecule has 1 aromatic heterocycles.